The first-order valence-electron chi connectivity index (χ1n) is 10.1. The molecule has 4 aromatic rings. The molecular formula is C24H23N3O3S. The lowest BCUT2D eigenvalue weighted by atomic mass is 10.1. The van der Waals surface area contributed by atoms with Gasteiger partial charge in [0.05, 0.1) is 24.1 Å². The van der Waals surface area contributed by atoms with Crippen LogP contribution in [0.1, 0.15) is 22.4 Å². The molecule has 31 heavy (non-hydrogen) atoms. The maximum Gasteiger partial charge on any atom is 0.317 e. The molecular weight excluding hydrogens is 410 g/mol. The summed E-state index contributed by atoms with van der Waals surface area (Å²) in [5, 5.41) is 4.82. The zero-order valence-electron chi connectivity index (χ0n) is 17.2. The number of nitrogens with zero attached hydrogens (tertiary/aromatic N) is 2. The number of benzene rings is 2. The van der Waals surface area contributed by atoms with E-state index in [9.17, 15) is 14.4 Å². The molecule has 0 spiro atoms. The zero-order chi connectivity index (χ0) is 21.8. The molecule has 0 saturated carbocycles. The Balaban J connectivity index is 1.60. The summed E-state index contributed by atoms with van der Waals surface area (Å²) < 4.78 is 2.92. The van der Waals surface area contributed by atoms with Crippen LogP contribution in [0.25, 0.3) is 11.0 Å². The van der Waals surface area contributed by atoms with Crippen LogP contribution in [0.15, 0.2) is 75.6 Å². The van der Waals surface area contributed by atoms with Crippen LogP contribution in [0.4, 0.5) is 0 Å². The zero-order valence-corrected chi connectivity index (χ0v) is 18.0. The SMILES string of the molecule is Cc1ccc(Cn2c(=O)c(=O)n(CCC(=O)NCc3cccs3)c3ccccc32)cc1. The fourth-order valence-electron chi connectivity index (χ4n) is 3.53. The molecule has 0 aliphatic carbocycles. The molecule has 2 aromatic carbocycles. The van der Waals surface area contributed by atoms with Gasteiger partial charge in [-0.1, -0.05) is 48.0 Å². The van der Waals surface area contributed by atoms with Gasteiger partial charge in [-0.3, -0.25) is 19.0 Å². The van der Waals surface area contributed by atoms with Gasteiger partial charge in [-0.2, -0.15) is 0 Å². The van der Waals surface area contributed by atoms with Crippen molar-refractivity contribution in [2.75, 3.05) is 0 Å². The van der Waals surface area contributed by atoms with Crippen molar-refractivity contribution in [3.8, 4) is 0 Å². The van der Waals surface area contributed by atoms with Gasteiger partial charge in [0.15, 0.2) is 0 Å². The van der Waals surface area contributed by atoms with Crippen molar-refractivity contribution in [2.24, 2.45) is 0 Å². The van der Waals surface area contributed by atoms with E-state index in [1.54, 1.807) is 11.3 Å². The van der Waals surface area contributed by atoms with Gasteiger partial charge < -0.3 is 9.88 Å². The Bertz CT molecular complexity index is 1320. The van der Waals surface area contributed by atoms with E-state index >= 15 is 0 Å². The van der Waals surface area contributed by atoms with Gasteiger partial charge in [-0.05, 0) is 36.1 Å². The molecule has 0 radical (unpaired) electrons. The van der Waals surface area contributed by atoms with Crippen LogP contribution in [-0.4, -0.2) is 15.0 Å². The number of nitrogens with one attached hydrogen (secondary N) is 1. The minimum absolute atomic E-state index is 0.122. The van der Waals surface area contributed by atoms with Gasteiger partial charge in [0.1, 0.15) is 0 Å². The number of rotatable bonds is 7. The summed E-state index contributed by atoms with van der Waals surface area (Å²) in [4.78, 5) is 39.2. The summed E-state index contributed by atoms with van der Waals surface area (Å²) in [6, 6.07) is 19.1. The summed E-state index contributed by atoms with van der Waals surface area (Å²) in [7, 11) is 0. The fraction of sp³-hybridized carbons (Fsp3) is 0.208. The fourth-order valence-corrected chi connectivity index (χ4v) is 4.17. The van der Waals surface area contributed by atoms with E-state index in [0.717, 1.165) is 16.0 Å². The standard InChI is InChI=1S/C24H23N3O3S/c1-17-8-10-18(11-9-17)16-27-21-7-3-2-6-20(21)26(23(29)24(27)30)13-12-22(28)25-15-19-5-4-14-31-19/h2-11,14H,12-13,15-16H2,1H3,(H,25,28). The third-order valence-electron chi connectivity index (χ3n) is 5.20. The number of carbonyl (C=O) groups excluding carboxylic acids is 1. The largest absolute Gasteiger partial charge is 0.351 e. The van der Waals surface area contributed by atoms with Crippen molar-refractivity contribution in [1.82, 2.24) is 14.5 Å². The predicted molar refractivity (Wildman–Crippen MR) is 124 cm³/mol. The maximum absolute atomic E-state index is 12.9. The van der Waals surface area contributed by atoms with Crippen LogP contribution in [0.3, 0.4) is 0 Å². The molecule has 0 aliphatic heterocycles. The minimum Gasteiger partial charge on any atom is -0.351 e. The maximum atomic E-state index is 12.9. The number of fused-ring (bicyclic) bond motifs is 1. The topological polar surface area (TPSA) is 73.1 Å². The monoisotopic (exact) mass is 433 g/mol. The first kappa shape index (κ1) is 20.8. The number of hydrogen-bond donors (Lipinski definition) is 1. The van der Waals surface area contributed by atoms with Gasteiger partial charge in [-0.15, -0.1) is 11.3 Å². The highest BCUT2D eigenvalue weighted by Crippen LogP contribution is 2.13. The average molecular weight is 434 g/mol. The van der Waals surface area contributed by atoms with Gasteiger partial charge in [0.2, 0.25) is 5.91 Å². The van der Waals surface area contributed by atoms with Crippen LogP contribution >= 0.6 is 11.3 Å². The Labute approximate surface area is 183 Å². The second kappa shape index (κ2) is 9.14. The van der Waals surface area contributed by atoms with E-state index in [-0.39, 0.29) is 18.9 Å². The quantitative estimate of drug-likeness (QED) is 0.455. The number of amides is 1. The van der Waals surface area contributed by atoms with Crippen molar-refractivity contribution in [3.05, 3.63) is 103 Å². The molecule has 1 N–H and O–H groups in total. The Hall–Kier alpha value is -3.45. The van der Waals surface area contributed by atoms with Crippen molar-refractivity contribution in [1.29, 1.82) is 0 Å². The smallest absolute Gasteiger partial charge is 0.317 e. The molecule has 0 fully saturated rings. The summed E-state index contributed by atoms with van der Waals surface area (Å²) in [6.45, 7) is 2.93. The van der Waals surface area contributed by atoms with E-state index in [1.165, 1.54) is 9.13 Å². The molecule has 2 heterocycles. The molecule has 0 atom stereocenters. The van der Waals surface area contributed by atoms with Crippen molar-refractivity contribution >= 4 is 28.3 Å². The summed E-state index contributed by atoms with van der Waals surface area (Å²) in [5.41, 5.74) is 2.20. The predicted octanol–water partition coefficient (Wildman–Crippen LogP) is 3.29. The lowest BCUT2D eigenvalue weighted by Crippen LogP contribution is -2.42. The molecule has 4 rings (SSSR count). The number of para-hydroxylation sites is 2. The highest BCUT2D eigenvalue weighted by molar-refractivity contribution is 7.09. The Morgan fingerprint density at radius 3 is 2.26 bits per heavy atom. The molecule has 0 unspecified atom stereocenters. The lowest BCUT2D eigenvalue weighted by Gasteiger charge is -2.15. The summed E-state index contributed by atoms with van der Waals surface area (Å²) in [5.74, 6) is -0.159. The highest BCUT2D eigenvalue weighted by Gasteiger charge is 2.14. The Kier molecular flexibility index (Phi) is 6.13. The van der Waals surface area contributed by atoms with E-state index in [2.05, 4.69) is 5.32 Å². The Morgan fingerprint density at radius 2 is 1.58 bits per heavy atom. The molecule has 6 nitrogen and oxygen atoms in total. The number of hydrogen-bond acceptors (Lipinski definition) is 4. The molecule has 2 aromatic heterocycles. The van der Waals surface area contributed by atoms with Crippen LogP contribution in [-0.2, 0) is 24.4 Å². The van der Waals surface area contributed by atoms with Crippen LogP contribution < -0.4 is 16.4 Å². The van der Waals surface area contributed by atoms with Gasteiger partial charge in [0, 0.05) is 17.8 Å². The van der Waals surface area contributed by atoms with E-state index in [1.807, 2.05) is 73.0 Å². The molecule has 7 heteroatoms. The second-order valence-corrected chi connectivity index (χ2v) is 8.46. The first-order valence-corrected chi connectivity index (χ1v) is 11.0. The number of aromatic nitrogens is 2. The number of carbonyl (C=O) groups is 1. The van der Waals surface area contributed by atoms with Crippen molar-refractivity contribution < 1.29 is 4.79 Å². The Morgan fingerprint density at radius 1 is 0.903 bits per heavy atom. The molecule has 0 saturated heterocycles. The van der Waals surface area contributed by atoms with Crippen LogP contribution in [0.5, 0.6) is 0 Å². The minimum atomic E-state index is -0.614. The molecule has 0 bridgehead atoms. The van der Waals surface area contributed by atoms with E-state index in [0.29, 0.717) is 24.1 Å². The van der Waals surface area contributed by atoms with E-state index < -0.39 is 11.1 Å². The second-order valence-electron chi connectivity index (χ2n) is 7.43. The highest BCUT2D eigenvalue weighted by atomic mass is 32.1. The molecule has 1 amide bonds. The van der Waals surface area contributed by atoms with Crippen molar-refractivity contribution in [2.45, 2.75) is 33.0 Å². The normalized spacial score (nSPS) is 11.0. The summed E-state index contributed by atoms with van der Waals surface area (Å²) >= 11 is 1.57. The molecule has 158 valence electrons. The number of aryl methyl sites for hydroxylation is 2. The third kappa shape index (κ3) is 4.67. The average Bonchev–Trinajstić information content (AvgIpc) is 3.30. The lowest BCUT2D eigenvalue weighted by molar-refractivity contribution is -0.121. The van der Waals surface area contributed by atoms with Crippen LogP contribution in [0.2, 0.25) is 0 Å². The third-order valence-corrected chi connectivity index (χ3v) is 6.08. The summed E-state index contributed by atoms with van der Waals surface area (Å²) in [6.07, 6.45) is 0.122. The van der Waals surface area contributed by atoms with E-state index in [4.69, 9.17) is 0 Å². The van der Waals surface area contributed by atoms with Gasteiger partial charge >= 0.3 is 11.1 Å². The first-order chi connectivity index (χ1) is 15.0. The molecule has 0 aliphatic rings. The van der Waals surface area contributed by atoms with Gasteiger partial charge in [0.25, 0.3) is 0 Å². The van der Waals surface area contributed by atoms with Crippen molar-refractivity contribution in [3.63, 3.8) is 0 Å². The number of thiophene rings is 1. The van der Waals surface area contributed by atoms with Crippen LogP contribution in [0, 0.1) is 6.92 Å². The van der Waals surface area contributed by atoms with Gasteiger partial charge in [-0.25, -0.2) is 0 Å².